The number of halogens is 1. The van der Waals surface area contributed by atoms with Gasteiger partial charge >= 0.3 is 0 Å². The second kappa shape index (κ2) is 9.02. The van der Waals surface area contributed by atoms with Crippen LogP contribution in [0.15, 0.2) is 48.5 Å². The normalized spacial score (nSPS) is 13.5. The zero-order valence-electron chi connectivity index (χ0n) is 14.5. The molecular formula is C20H22IN3O2. The number of rotatable bonds is 6. The predicted molar refractivity (Wildman–Crippen MR) is 111 cm³/mol. The molecule has 0 atom stereocenters. The Morgan fingerprint density at radius 1 is 0.962 bits per heavy atom. The first-order chi connectivity index (χ1) is 12.6. The molecule has 2 N–H and O–H groups in total. The van der Waals surface area contributed by atoms with Crippen LogP contribution in [-0.4, -0.2) is 31.4 Å². The van der Waals surface area contributed by atoms with Crippen LogP contribution in [0.3, 0.4) is 0 Å². The summed E-state index contributed by atoms with van der Waals surface area (Å²) < 4.78 is 0.862. The van der Waals surface area contributed by atoms with Gasteiger partial charge in [0.25, 0.3) is 5.91 Å². The molecule has 0 aromatic heterocycles. The van der Waals surface area contributed by atoms with Crippen LogP contribution in [0.2, 0.25) is 0 Å². The molecule has 0 aliphatic carbocycles. The number of hydrogen-bond acceptors (Lipinski definition) is 3. The van der Waals surface area contributed by atoms with Gasteiger partial charge in [-0.1, -0.05) is 24.3 Å². The molecule has 6 heteroatoms. The molecule has 3 rings (SSSR count). The Balaban J connectivity index is 1.44. The molecule has 0 saturated carbocycles. The van der Waals surface area contributed by atoms with Crippen molar-refractivity contribution in [1.29, 1.82) is 0 Å². The lowest BCUT2D eigenvalue weighted by Gasteiger charge is -2.17. The summed E-state index contributed by atoms with van der Waals surface area (Å²) >= 11 is 2.11. The average Bonchev–Trinajstić information content (AvgIpc) is 3.20. The lowest BCUT2D eigenvalue weighted by molar-refractivity contribution is -0.120. The van der Waals surface area contributed by atoms with Gasteiger partial charge in [-0.05, 0) is 65.3 Å². The molecule has 0 radical (unpaired) electrons. The molecule has 2 aromatic rings. The Kier molecular flexibility index (Phi) is 6.49. The van der Waals surface area contributed by atoms with E-state index in [-0.39, 0.29) is 18.4 Å². The largest absolute Gasteiger partial charge is 0.372 e. The van der Waals surface area contributed by atoms with Gasteiger partial charge in [0.1, 0.15) is 0 Å². The summed E-state index contributed by atoms with van der Waals surface area (Å²) in [6.07, 6.45) is 2.51. The molecule has 1 aliphatic heterocycles. The summed E-state index contributed by atoms with van der Waals surface area (Å²) in [7, 11) is 0. The molecule has 0 bridgehead atoms. The lowest BCUT2D eigenvalue weighted by Crippen LogP contribution is -2.36. The molecule has 1 fully saturated rings. The predicted octanol–water partition coefficient (Wildman–Crippen LogP) is 2.94. The standard InChI is InChI=1S/C20H22IN3O2/c21-18-6-2-1-5-17(18)20(26)23-14-19(25)22-13-15-7-9-16(10-8-15)24-11-3-4-12-24/h1-2,5-10H,3-4,11-14H2,(H,22,25)(H,23,26). The van der Waals surface area contributed by atoms with Gasteiger partial charge in [0.15, 0.2) is 0 Å². The fourth-order valence-electron chi connectivity index (χ4n) is 2.96. The number of hydrogen-bond donors (Lipinski definition) is 2. The summed E-state index contributed by atoms with van der Waals surface area (Å²) in [6, 6.07) is 15.6. The minimum absolute atomic E-state index is 0.0321. The van der Waals surface area contributed by atoms with E-state index in [0.29, 0.717) is 12.1 Å². The number of carbonyl (C=O) groups excluding carboxylic acids is 2. The van der Waals surface area contributed by atoms with E-state index >= 15 is 0 Å². The van der Waals surface area contributed by atoms with E-state index in [0.717, 1.165) is 22.2 Å². The Bertz CT molecular complexity index is 771. The highest BCUT2D eigenvalue weighted by atomic mass is 127. The van der Waals surface area contributed by atoms with Crippen molar-refractivity contribution in [2.75, 3.05) is 24.5 Å². The topological polar surface area (TPSA) is 61.4 Å². The average molecular weight is 463 g/mol. The zero-order valence-corrected chi connectivity index (χ0v) is 16.7. The minimum Gasteiger partial charge on any atom is -0.372 e. The zero-order chi connectivity index (χ0) is 18.4. The molecule has 2 amide bonds. The van der Waals surface area contributed by atoms with Crippen LogP contribution in [0.5, 0.6) is 0 Å². The van der Waals surface area contributed by atoms with Crippen LogP contribution >= 0.6 is 22.6 Å². The Labute approximate surface area is 167 Å². The van der Waals surface area contributed by atoms with Crippen molar-refractivity contribution in [2.24, 2.45) is 0 Å². The molecular weight excluding hydrogens is 441 g/mol. The molecule has 0 unspecified atom stereocenters. The van der Waals surface area contributed by atoms with E-state index in [9.17, 15) is 9.59 Å². The summed E-state index contributed by atoms with van der Waals surface area (Å²) in [6.45, 7) is 2.67. The molecule has 2 aromatic carbocycles. The smallest absolute Gasteiger partial charge is 0.252 e. The summed E-state index contributed by atoms with van der Waals surface area (Å²) in [5, 5.41) is 5.50. The van der Waals surface area contributed by atoms with Crippen LogP contribution in [0.4, 0.5) is 5.69 Å². The van der Waals surface area contributed by atoms with Crippen LogP contribution in [-0.2, 0) is 11.3 Å². The maximum absolute atomic E-state index is 12.1. The van der Waals surface area contributed by atoms with Gasteiger partial charge in [-0.3, -0.25) is 9.59 Å². The molecule has 26 heavy (non-hydrogen) atoms. The molecule has 136 valence electrons. The SMILES string of the molecule is O=C(CNC(=O)c1ccccc1I)NCc1ccc(N2CCCC2)cc1. The first-order valence-corrected chi connectivity index (χ1v) is 9.84. The first kappa shape index (κ1) is 18.7. The van der Waals surface area contributed by atoms with Crippen molar-refractivity contribution in [2.45, 2.75) is 19.4 Å². The van der Waals surface area contributed by atoms with Crippen molar-refractivity contribution < 1.29 is 9.59 Å². The number of nitrogens with one attached hydrogen (secondary N) is 2. The Morgan fingerprint density at radius 2 is 1.65 bits per heavy atom. The van der Waals surface area contributed by atoms with E-state index in [1.165, 1.54) is 18.5 Å². The fourth-order valence-corrected chi connectivity index (χ4v) is 3.60. The number of carbonyl (C=O) groups is 2. The number of nitrogens with zero attached hydrogens (tertiary/aromatic N) is 1. The molecule has 1 heterocycles. The van der Waals surface area contributed by atoms with Crippen molar-refractivity contribution in [1.82, 2.24) is 10.6 Å². The second-order valence-electron chi connectivity index (χ2n) is 6.30. The van der Waals surface area contributed by atoms with Crippen molar-refractivity contribution in [3.8, 4) is 0 Å². The maximum Gasteiger partial charge on any atom is 0.252 e. The monoisotopic (exact) mass is 463 g/mol. The summed E-state index contributed by atoms with van der Waals surface area (Å²) in [5.41, 5.74) is 2.87. The number of amides is 2. The lowest BCUT2D eigenvalue weighted by atomic mass is 10.2. The summed E-state index contributed by atoms with van der Waals surface area (Å²) in [5.74, 6) is -0.437. The van der Waals surface area contributed by atoms with E-state index in [1.54, 1.807) is 6.07 Å². The van der Waals surface area contributed by atoms with Gasteiger partial charge in [0, 0.05) is 28.9 Å². The van der Waals surface area contributed by atoms with Gasteiger partial charge in [0.2, 0.25) is 5.91 Å². The summed E-state index contributed by atoms with van der Waals surface area (Å²) in [4.78, 5) is 26.5. The minimum atomic E-state index is -0.236. The van der Waals surface area contributed by atoms with Crippen LogP contribution in [0, 0.1) is 3.57 Å². The van der Waals surface area contributed by atoms with Gasteiger partial charge < -0.3 is 15.5 Å². The molecule has 1 saturated heterocycles. The van der Waals surface area contributed by atoms with Gasteiger partial charge in [0.05, 0.1) is 12.1 Å². The van der Waals surface area contributed by atoms with Crippen LogP contribution in [0.1, 0.15) is 28.8 Å². The van der Waals surface area contributed by atoms with E-state index in [2.05, 4.69) is 50.3 Å². The number of benzene rings is 2. The van der Waals surface area contributed by atoms with E-state index in [4.69, 9.17) is 0 Å². The van der Waals surface area contributed by atoms with Gasteiger partial charge in [-0.2, -0.15) is 0 Å². The number of anilines is 1. The van der Waals surface area contributed by atoms with Crippen LogP contribution < -0.4 is 15.5 Å². The van der Waals surface area contributed by atoms with Gasteiger partial charge in [-0.15, -0.1) is 0 Å². The van der Waals surface area contributed by atoms with Crippen molar-refractivity contribution in [3.63, 3.8) is 0 Å². The highest BCUT2D eigenvalue weighted by Gasteiger charge is 2.12. The highest BCUT2D eigenvalue weighted by molar-refractivity contribution is 14.1. The fraction of sp³-hybridized carbons (Fsp3) is 0.300. The Morgan fingerprint density at radius 3 is 2.35 bits per heavy atom. The second-order valence-corrected chi connectivity index (χ2v) is 7.46. The maximum atomic E-state index is 12.1. The first-order valence-electron chi connectivity index (χ1n) is 8.77. The third-order valence-electron chi connectivity index (χ3n) is 4.43. The van der Waals surface area contributed by atoms with E-state index < -0.39 is 0 Å². The molecule has 5 nitrogen and oxygen atoms in total. The third-order valence-corrected chi connectivity index (χ3v) is 5.37. The van der Waals surface area contributed by atoms with Crippen LogP contribution in [0.25, 0.3) is 0 Å². The quantitative estimate of drug-likeness (QED) is 0.648. The van der Waals surface area contributed by atoms with E-state index in [1.807, 2.05) is 30.3 Å². The Hall–Kier alpha value is -2.09. The highest BCUT2D eigenvalue weighted by Crippen LogP contribution is 2.20. The van der Waals surface area contributed by atoms with Crippen molar-refractivity contribution in [3.05, 3.63) is 63.2 Å². The van der Waals surface area contributed by atoms with Crippen molar-refractivity contribution >= 4 is 40.1 Å². The molecule has 0 spiro atoms. The van der Waals surface area contributed by atoms with Gasteiger partial charge in [-0.25, -0.2) is 0 Å². The molecule has 1 aliphatic rings. The third kappa shape index (κ3) is 4.97.